The van der Waals surface area contributed by atoms with E-state index in [0.29, 0.717) is 35.7 Å². The molecule has 7 nitrogen and oxygen atoms in total. The Labute approximate surface area is 178 Å². The highest BCUT2D eigenvalue weighted by Crippen LogP contribution is 2.37. The Balaban J connectivity index is 1.72. The minimum absolute atomic E-state index is 0.0789. The van der Waals surface area contributed by atoms with E-state index in [9.17, 15) is 9.59 Å². The molecule has 1 atom stereocenters. The molecule has 0 N–H and O–H groups in total. The first kappa shape index (κ1) is 20.9. The van der Waals surface area contributed by atoms with Gasteiger partial charge in [0.05, 0.1) is 25.3 Å². The summed E-state index contributed by atoms with van der Waals surface area (Å²) in [5.41, 5.74) is 1.59. The number of likely N-dealkylation sites (tertiary alicyclic amines) is 1. The number of para-hydroxylation sites is 1. The molecule has 0 radical (unpaired) electrons. The van der Waals surface area contributed by atoms with Gasteiger partial charge in [0.25, 0.3) is 11.8 Å². The average molecular weight is 414 g/mol. The highest BCUT2D eigenvalue weighted by atomic mass is 16.5. The van der Waals surface area contributed by atoms with Crippen LogP contribution < -0.4 is 4.74 Å². The van der Waals surface area contributed by atoms with Crippen LogP contribution in [0.15, 0.2) is 30.0 Å². The van der Waals surface area contributed by atoms with E-state index in [1.54, 1.807) is 7.11 Å². The maximum absolute atomic E-state index is 13.5. The van der Waals surface area contributed by atoms with Crippen molar-refractivity contribution in [3.63, 3.8) is 0 Å². The third-order valence-corrected chi connectivity index (χ3v) is 6.52. The number of nitrogens with zero attached hydrogens (tertiary/aromatic N) is 3. The van der Waals surface area contributed by atoms with Crippen molar-refractivity contribution in [3.05, 3.63) is 35.5 Å². The molecule has 7 heteroatoms. The number of imide groups is 1. The Hall–Kier alpha value is -2.38. The molecule has 0 aliphatic carbocycles. The van der Waals surface area contributed by atoms with E-state index < -0.39 is 0 Å². The summed E-state index contributed by atoms with van der Waals surface area (Å²) in [5, 5.41) is 0. The molecular formula is C23H31N3O4. The number of piperidine rings is 1. The van der Waals surface area contributed by atoms with Gasteiger partial charge in [-0.25, -0.2) is 0 Å². The molecule has 4 rings (SSSR count). The molecule has 2 fully saturated rings. The van der Waals surface area contributed by atoms with Gasteiger partial charge in [-0.15, -0.1) is 0 Å². The van der Waals surface area contributed by atoms with Gasteiger partial charge in [0.2, 0.25) is 0 Å². The second kappa shape index (κ2) is 8.78. The highest BCUT2D eigenvalue weighted by molar-refractivity contribution is 6.36. The van der Waals surface area contributed by atoms with E-state index in [-0.39, 0.29) is 24.0 Å². The molecule has 3 heterocycles. The first-order valence-corrected chi connectivity index (χ1v) is 10.8. The van der Waals surface area contributed by atoms with Gasteiger partial charge in [0.15, 0.2) is 0 Å². The van der Waals surface area contributed by atoms with Crippen molar-refractivity contribution >= 4 is 17.4 Å². The number of likely N-dealkylation sites (N-methyl/N-ethyl adjacent to an activating group) is 1. The molecule has 0 saturated carbocycles. The number of hydrogen-bond acceptors (Lipinski definition) is 6. The van der Waals surface area contributed by atoms with Crippen molar-refractivity contribution in [1.29, 1.82) is 0 Å². The number of methoxy groups -OCH3 is 1. The third kappa shape index (κ3) is 3.84. The number of benzene rings is 1. The van der Waals surface area contributed by atoms with Crippen LogP contribution in [0.5, 0.6) is 5.75 Å². The van der Waals surface area contributed by atoms with Crippen LogP contribution in [-0.4, -0.2) is 86.1 Å². The van der Waals surface area contributed by atoms with E-state index in [2.05, 4.69) is 11.9 Å². The SMILES string of the molecule is COc1ccccc1C1=C(N(C)C2CCN(C)CC2)C(=O)N(CC2CCCO2)C1=O. The maximum atomic E-state index is 13.5. The summed E-state index contributed by atoms with van der Waals surface area (Å²) in [7, 11) is 5.65. The normalized spacial score (nSPS) is 23.6. The number of rotatable bonds is 6. The quantitative estimate of drug-likeness (QED) is 0.665. The highest BCUT2D eigenvalue weighted by Gasteiger charge is 2.44. The van der Waals surface area contributed by atoms with Crippen LogP contribution in [0.2, 0.25) is 0 Å². The predicted molar refractivity (Wildman–Crippen MR) is 114 cm³/mol. The summed E-state index contributed by atoms with van der Waals surface area (Å²) in [6, 6.07) is 7.65. The molecule has 0 spiro atoms. The second-order valence-electron chi connectivity index (χ2n) is 8.43. The summed E-state index contributed by atoms with van der Waals surface area (Å²) in [6.07, 6.45) is 3.69. The van der Waals surface area contributed by atoms with E-state index in [0.717, 1.165) is 38.8 Å². The average Bonchev–Trinajstić information content (AvgIpc) is 3.36. The summed E-state index contributed by atoms with van der Waals surface area (Å²) < 4.78 is 11.2. The van der Waals surface area contributed by atoms with Gasteiger partial charge in [0, 0.05) is 25.3 Å². The molecule has 3 aliphatic rings. The van der Waals surface area contributed by atoms with Crippen LogP contribution in [0, 0.1) is 0 Å². The van der Waals surface area contributed by atoms with E-state index in [1.165, 1.54) is 4.90 Å². The van der Waals surface area contributed by atoms with E-state index >= 15 is 0 Å². The Bertz CT molecular complexity index is 839. The lowest BCUT2D eigenvalue weighted by atomic mass is 9.99. The minimum atomic E-state index is -0.255. The van der Waals surface area contributed by atoms with Crippen molar-refractivity contribution in [2.24, 2.45) is 0 Å². The fourth-order valence-corrected chi connectivity index (χ4v) is 4.71. The molecule has 3 aliphatic heterocycles. The van der Waals surface area contributed by atoms with Crippen LogP contribution in [-0.2, 0) is 14.3 Å². The van der Waals surface area contributed by atoms with Gasteiger partial charge in [0.1, 0.15) is 11.4 Å². The molecule has 1 unspecified atom stereocenters. The van der Waals surface area contributed by atoms with Crippen LogP contribution in [0.4, 0.5) is 0 Å². The summed E-state index contributed by atoms with van der Waals surface area (Å²) in [4.78, 5) is 32.8. The zero-order valence-electron chi connectivity index (χ0n) is 18.1. The molecule has 1 aromatic carbocycles. The van der Waals surface area contributed by atoms with E-state index in [4.69, 9.17) is 9.47 Å². The number of ether oxygens (including phenoxy) is 2. The largest absolute Gasteiger partial charge is 0.496 e. The fourth-order valence-electron chi connectivity index (χ4n) is 4.71. The van der Waals surface area contributed by atoms with Crippen LogP contribution in [0.1, 0.15) is 31.2 Å². The molecule has 30 heavy (non-hydrogen) atoms. The van der Waals surface area contributed by atoms with Crippen LogP contribution >= 0.6 is 0 Å². The lowest BCUT2D eigenvalue weighted by Crippen LogP contribution is -2.44. The molecule has 0 bridgehead atoms. The van der Waals surface area contributed by atoms with Gasteiger partial charge in [-0.3, -0.25) is 14.5 Å². The van der Waals surface area contributed by atoms with Gasteiger partial charge in [-0.2, -0.15) is 0 Å². The van der Waals surface area contributed by atoms with Gasteiger partial charge < -0.3 is 19.3 Å². The van der Waals surface area contributed by atoms with Gasteiger partial charge in [-0.05, 0) is 51.9 Å². The first-order chi connectivity index (χ1) is 14.5. The Morgan fingerprint density at radius 1 is 1.13 bits per heavy atom. The third-order valence-electron chi connectivity index (χ3n) is 6.52. The minimum Gasteiger partial charge on any atom is -0.496 e. The first-order valence-electron chi connectivity index (χ1n) is 10.8. The summed E-state index contributed by atoms with van der Waals surface area (Å²) in [5.74, 6) is 0.120. The number of amides is 2. The van der Waals surface area contributed by atoms with Crippen molar-refractivity contribution in [2.75, 3.05) is 47.4 Å². The zero-order valence-corrected chi connectivity index (χ0v) is 18.1. The van der Waals surface area contributed by atoms with Crippen LogP contribution in [0.25, 0.3) is 5.57 Å². The molecular weight excluding hydrogens is 382 g/mol. The standard InChI is InChI=1S/C23H31N3O4/c1-24-12-10-16(11-13-24)25(2)21-20(18-8-4-5-9-19(18)29-3)22(27)26(23(21)28)15-17-7-6-14-30-17/h4-5,8-9,16-17H,6-7,10-15H2,1-3H3. The lowest BCUT2D eigenvalue weighted by molar-refractivity contribution is -0.139. The van der Waals surface area contributed by atoms with Crippen LogP contribution in [0.3, 0.4) is 0 Å². The van der Waals surface area contributed by atoms with Crippen molar-refractivity contribution in [2.45, 2.75) is 37.8 Å². The molecule has 2 amide bonds. The fraction of sp³-hybridized carbons (Fsp3) is 0.565. The topological polar surface area (TPSA) is 62.3 Å². The number of hydrogen-bond donors (Lipinski definition) is 0. The van der Waals surface area contributed by atoms with Crippen molar-refractivity contribution < 1.29 is 19.1 Å². The van der Waals surface area contributed by atoms with Gasteiger partial charge in [-0.1, -0.05) is 18.2 Å². The monoisotopic (exact) mass is 413 g/mol. The smallest absolute Gasteiger partial charge is 0.277 e. The van der Waals surface area contributed by atoms with Crippen molar-refractivity contribution in [3.8, 4) is 5.75 Å². The predicted octanol–water partition coefficient (Wildman–Crippen LogP) is 1.98. The van der Waals surface area contributed by atoms with E-state index in [1.807, 2.05) is 36.2 Å². The zero-order chi connectivity index (χ0) is 21.3. The maximum Gasteiger partial charge on any atom is 0.277 e. The number of carbonyl (C=O) groups is 2. The van der Waals surface area contributed by atoms with Gasteiger partial charge >= 0.3 is 0 Å². The van der Waals surface area contributed by atoms with Crippen molar-refractivity contribution in [1.82, 2.24) is 14.7 Å². The second-order valence-corrected chi connectivity index (χ2v) is 8.43. The molecule has 162 valence electrons. The molecule has 0 aromatic heterocycles. The summed E-state index contributed by atoms with van der Waals surface area (Å²) >= 11 is 0. The summed E-state index contributed by atoms with van der Waals surface area (Å²) in [6.45, 7) is 2.96. The lowest BCUT2D eigenvalue weighted by Gasteiger charge is -2.36. The number of carbonyl (C=O) groups excluding carboxylic acids is 2. The molecule has 2 saturated heterocycles. The Morgan fingerprint density at radius 2 is 1.87 bits per heavy atom. The molecule has 1 aromatic rings. The Kier molecular flexibility index (Phi) is 6.11. The Morgan fingerprint density at radius 3 is 2.53 bits per heavy atom.